The minimum absolute atomic E-state index is 0.157. The van der Waals surface area contributed by atoms with Crippen molar-refractivity contribution in [3.05, 3.63) is 70.0 Å². The number of anilines is 4. The summed E-state index contributed by atoms with van der Waals surface area (Å²) in [6.07, 6.45) is 0. The van der Waals surface area contributed by atoms with Gasteiger partial charge in [0.2, 0.25) is 17.8 Å². The summed E-state index contributed by atoms with van der Waals surface area (Å²) >= 11 is 5.20. The van der Waals surface area contributed by atoms with Gasteiger partial charge in [-0.3, -0.25) is 14.9 Å². The number of fused-ring (bicyclic) bond motifs is 1. The molecule has 0 unspecified atom stereocenters. The van der Waals surface area contributed by atoms with Gasteiger partial charge >= 0.3 is 0 Å². The molecule has 2 aromatic heterocycles. The van der Waals surface area contributed by atoms with Crippen LogP contribution in [0.25, 0.3) is 10.2 Å². The van der Waals surface area contributed by atoms with Gasteiger partial charge in [0.1, 0.15) is 10.6 Å². The second kappa shape index (κ2) is 10.8. The van der Waals surface area contributed by atoms with Gasteiger partial charge in [-0.2, -0.15) is 4.98 Å². The Bertz CT molecular complexity index is 1420. The Morgan fingerprint density at radius 3 is 1.82 bits per heavy atom. The Kier molecular flexibility index (Phi) is 7.90. The van der Waals surface area contributed by atoms with Crippen molar-refractivity contribution in [2.75, 3.05) is 15.5 Å². The maximum absolute atomic E-state index is 13.1. The Morgan fingerprint density at radius 2 is 1.32 bits per heavy atom. The van der Waals surface area contributed by atoms with Crippen molar-refractivity contribution < 1.29 is 9.59 Å². The minimum atomic E-state index is -0.639. The fraction of sp³-hybridized carbons (Fsp3) is 0.310. The first-order chi connectivity index (χ1) is 17.8. The van der Waals surface area contributed by atoms with Crippen LogP contribution in [0.1, 0.15) is 47.1 Å². The molecule has 2 heterocycles. The first kappa shape index (κ1) is 27.7. The van der Waals surface area contributed by atoms with Gasteiger partial charge in [-0.05, 0) is 40.2 Å². The quantitative estimate of drug-likeness (QED) is 0.238. The standard InChI is InChI=1S/C29H32BrN5O2S/c1-28(2,3)25(36)31-23-21-20(17-35(18-13-9-7-10-14-18)19-15-11-8-12-16-19)22(30)38-24(21)33-27(32-23)34-26(37)29(4,5)6/h7-16H,17H2,1-6H3,(H2,31,32,33,34,36,37). The lowest BCUT2D eigenvalue weighted by molar-refractivity contribution is -0.123. The van der Waals surface area contributed by atoms with Gasteiger partial charge in [0, 0.05) is 27.8 Å². The number of halogens is 1. The lowest BCUT2D eigenvalue weighted by atomic mass is 9.95. The van der Waals surface area contributed by atoms with E-state index in [1.54, 1.807) is 0 Å². The number of para-hydroxylation sites is 2. The van der Waals surface area contributed by atoms with E-state index in [0.29, 0.717) is 17.2 Å². The molecule has 0 radical (unpaired) electrons. The summed E-state index contributed by atoms with van der Waals surface area (Å²) < 4.78 is 0.879. The number of carbonyl (C=O) groups excluding carboxylic acids is 2. The van der Waals surface area contributed by atoms with E-state index in [1.807, 2.05) is 77.9 Å². The topological polar surface area (TPSA) is 87.2 Å². The summed E-state index contributed by atoms with van der Waals surface area (Å²) in [6, 6.07) is 20.3. The SMILES string of the molecule is CC(C)(C)C(=O)Nc1nc(NC(=O)C(C)(C)C)c2c(CN(c3ccccc3)c3ccccc3)c(Br)sc2n1. The fourth-order valence-electron chi connectivity index (χ4n) is 3.61. The first-order valence-corrected chi connectivity index (χ1v) is 13.9. The number of amides is 2. The zero-order valence-electron chi connectivity index (χ0n) is 22.4. The van der Waals surface area contributed by atoms with Crippen LogP contribution >= 0.6 is 27.3 Å². The zero-order chi connectivity index (χ0) is 27.7. The molecule has 0 spiro atoms. The van der Waals surface area contributed by atoms with Crippen LogP contribution in [0, 0.1) is 10.8 Å². The number of nitrogens with zero attached hydrogens (tertiary/aromatic N) is 3. The number of carbonyl (C=O) groups is 2. The molecule has 0 aliphatic rings. The number of hydrogen-bond acceptors (Lipinski definition) is 6. The third-order valence-corrected chi connectivity index (χ3v) is 7.75. The number of rotatable bonds is 6. The number of hydrogen-bond donors (Lipinski definition) is 2. The zero-order valence-corrected chi connectivity index (χ0v) is 24.8. The maximum atomic E-state index is 13.1. The lowest BCUT2D eigenvalue weighted by Gasteiger charge is -2.25. The van der Waals surface area contributed by atoms with Crippen molar-refractivity contribution >= 4 is 72.4 Å². The van der Waals surface area contributed by atoms with Gasteiger partial charge in [0.05, 0.1) is 15.7 Å². The molecule has 7 nitrogen and oxygen atoms in total. The summed E-state index contributed by atoms with van der Waals surface area (Å²) in [6.45, 7) is 11.5. The highest BCUT2D eigenvalue weighted by Gasteiger charge is 2.28. The molecule has 0 bridgehead atoms. The number of benzene rings is 2. The maximum Gasteiger partial charge on any atom is 0.232 e. The third kappa shape index (κ3) is 6.22. The fourth-order valence-corrected chi connectivity index (χ4v) is 5.31. The monoisotopic (exact) mass is 593 g/mol. The normalized spacial score (nSPS) is 11.9. The highest BCUT2D eigenvalue weighted by Crippen LogP contribution is 2.41. The van der Waals surface area contributed by atoms with Crippen molar-refractivity contribution in [1.29, 1.82) is 0 Å². The molecule has 198 valence electrons. The molecule has 0 atom stereocenters. The number of aromatic nitrogens is 2. The predicted octanol–water partition coefficient (Wildman–Crippen LogP) is 7.76. The number of thiophene rings is 1. The Balaban J connectivity index is 1.86. The molecule has 0 saturated heterocycles. The van der Waals surface area contributed by atoms with E-state index in [9.17, 15) is 9.59 Å². The van der Waals surface area contributed by atoms with Crippen LogP contribution in [0.15, 0.2) is 64.5 Å². The highest BCUT2D eigenvalue weighted by atomic mass is 79.9. The molecule has 4 aromatic rings. The molecule has 4 rings (SSSR count). The van der Waals surface area contributed by atoms with Crippen molar-refractivity contribution in [2.24, 2.45) is 10.8 Å². The van der Waals surface area contributed by atoms with E-state index >= 15 is 0 Å². The number of nitrogens with one attached hydrogen (secondary N) is 2. The molecular formula is C29H32BrN5O2S. The molecule has 2 aromatic carbocycles. The van der Waals surface area contributed by atoms with Crippen molar-refractivity contribution in [2.45, 2.75) is 48.1 Å². The molecule has 9 heteroatoms. The first-order valence-electron chi connectivity index (χ1n) is 12.3. The van der Waals surface area contributed by atoms with Gasteiger partial charge in [0.15, 0.2) is 0 Å². The van der Waals surface area contributed by atoms with Gasteiger partial charge in [-0.15, -0.1) is 11.3 Å². The second-order valence-electron chi connectivity index (χ2n) is 11.1. The highest BCUT2D eigenvalue weighted by molar-refractivity contribution is 9.11. The van der Waals surface area contributed by atoms with Crippen LogP contribution in [0.4, 0.5) is 23.1 Å². The van der Waals surface area contributed by atoms with Crippen LogP contribution in [0.2, 0.25) is 0 Å². The molecule has 0 fully saturated rings. The molecule has 2 N–H and O–H groups in total. The van der Waals surface area contributed by atoms with E-state index in [2.05, 4.69) is 65.7 Å². The lowest BCUT2D eigenvalue weighted by Crippen LogP contribution is -2.30. The average molecular weight is 595 g/mol. The largest absolute Gasteiger partial charge is 0.337 e. The van der Waals surface area contributed by atoms with Crippen molar-refractivity contribution in [3.8, 4) is 0 Å². The summed E-state index contributed by atoms with van der Waals surface area (Å²) in [4.78, 5) is 37.9. The van der Waals surface area contributed by atoms with Gasteiger partial charge in [-0.25, -0.2) is 4.98 Å². The van der Waals surface area contributed by atoms with Crippen molar-refractivity contribution in [1.82, 2.24) is 9.97 Å². The third-order valence-electron chi connectivity index (χ3n) is 5.87. The minimum Gasteiger partial charge on any atom is -0.337 e. The van der Waals surface area contributed by atoms with Crippen LogP contribution in [-0.2, 0) is 16.1 Å². The van der Waals surface area contributed by atoms with E-state index in [-0.39, 0.29) is 17.8 Å². The van der Waals surface area contributed by atoms with E-state index in [0.717, 1.165) is 26.1 Å². The average Bonchev–Trinajstić information content (AvgIpc) is 3.17. The smallest absolute Gasteiger partial charge is 0.232 e. The molecular weight excluding hydrogens is 562 g/mol. The molecule has 0 aliphatic carbocycles. The second-order valence-corrected chi connectivity index (χ2v) is 13.4. The van der Waals surface area contributed by atoms with Crippen molar-refractivity contribution in [3.63, 3.8) is 0 Å². The Hall–Kier alpha value is -3.30. The Labute approximate surface area is 235 Å². The summed E-state index contributed by atoms with van der Waals surface area (Å²) in [5.41, 5.74) is 1.73. The van der Waals surface area contributed by atoms with Crippen LogP contribution in [0.5, 0.6) is 0 Å². The van der Waals surface area contributed by atoms with E-state index < -0.39 is 10.8 Å². The van der Waals surface area contributed by atoms with Crippen LogP contribution < -0.4 is 15.5 Å². The summed E-state index contributed by atoms with van der Waals surface area (Å²) in [5, 5.41) is 6.57. The van der Waals surface area contributed by atoms with E-state index in [1.165, 1.54) is 11.3 Å². The molecule has 38 heavy (non-hydrogen) atoms. The van der Waals surface area contributed by atoms with Crippen LogP contribution in [-0.4, -0.2) is 21.8 Å². The van der Waals surface area contributed by atoms with Gasteiger partial charge in [0.25, 0.3) is 0 Å². The summed E-state index contributed by atoms with van der Waals surface area (Å²) in [7, 11) is 0. The molecule has 0 aliphatic heterocycles. The predicted molar refractivity (Wildman–Crippen MR) is 160 cm³/mol. The molecule has 2 amide bonds. The molecule has 0 saturated carbocycles. The Morgan fingerprint density at radius 1 is 0.816 bits per heavy atom. The van der Waals surface area contributed by atoms with E-state index in [4.69, 9.17) is 0 Å². The van der Waals surface area contributed by atoms with Gasteiger partial charge < -0.3 is 10.2 Å². The van der Waals surface area contributed by atoms with Crippen LogP contribution in [0.3, 0.4) is 0 Å². The van der Waals surface area contributed by atoms with Gasteiger partial charge in [-0.1, -0.05) is 77.9 Å². The summed E-state index contributed by atoms with van der Waals surface area (Å²) in [5.74, 6) is 0.143.